The molecular formula is C16H24N6O3S. The quantitative estimate of drug-likeness (QED) is 0.613. The van der Waals surface area contributed by atoms with Gasteiger partial charge in [0.25, 0.3) is 0 Å². The molecule has 3 heterocycles. The molecule has 2 N–H and O–H groups in total. The summed E-state index contributed by atoms with van der Waals surface area (Å²) < 4.78 is 19.6. The molecule has 1 saturated carbocycles. The summed E-state index contributed by atoms with van der Waals surface area (Å²) in [5, 5.41) is 9.16. The highest BCUT2D eigenvalue weighted by Gasteiger charge is 2.55. The normalized spacial score (nSPS) is 30.2. The van der Waals surface area contributed by atoms with E-state index < -0.39 is 5.79 Å². The Morgan fingerprint density at radius 2 is 2.08 bits per heavy atom. The van der Waals surface area contributed by atoms with Gasteiger partial charge in [-0.1, -0.05) is 23.9 Å². The predicted molar refractivity (Wildman–Crippen MR) is 96.8 cm³/mol. The number of ether oxygens (including phenoxy) is 3. The molecule has 4 atom stereocenters. The lowest BCUT2D eigenvalue weighted by Gasteiger charge is -2.23. The van der Waals surface area contributed by atoms with E-state index in [2.05, 4.69) is 27.2 Å². The summed E-state index contributed by atoms with van der Waals surface area (Å²) in [6.07, 6.45) is 1.35. The first-order valence-corrected chi connectivity index (χ1v) is 9.81. The monoisotopic (exact) mass is 380 g/mol. The minimum absolute atomic E-state index is 0.0702. The SMILES string of the molecule is CCCSc1nc(N)c2nnn([C@@H]3C[C@@H](OC)[C@H]4OC(C)(C)O[C@H]43)c2n1. The predicted octanol–water partition coefficient (Wildman–Crippen LogP) is 1.79. The van der Waals surface area contributed by atoms with Gasteiger partial charge in [-0.3, -0.25) is 0 Å². The van der Waals surface area contributed by atoms with Gasteiger partial charge in [0.2, 0.25) is 0 Å². The fourth-order valence-corrected chi connectivity index (χ4v) is 4.39. The molecule has 2 aromatic rings. The molecule has 0 amide bonds. The molecule has 9 nitrogen and oxygen atoms in total. The van der Waals surface area contributed by atoms with Crippen LogP contribution in [0, 0.1) is 0 Å². The van der Waals surface area contributed by atoms with Crippen molar-refractivity contribution in [3.63, 3.8) is 0 Å². The minimum atomic E-state index is -0.655. The van der Waals surface area contributed by atoms with Gasteiger partial charge in [0.05, 0.1) is 12.1 Å². The zero-order valence-electron chi connectivity index (χ0n) is 15.4. The van der Waals surface area contributed by atoms with Crippen LogP contribution in [0.2, 0.25) is 0 Å². The van der Waals surface area contributed by atoms with Crippen LogP contribution in [-0.2, 0) is 14.2 Å². The third-order valence-corrected chi connectivity index (χ3v) is 5.82. The van der Waals surface area contributed by atoms with E-state index in [-0.39, 0.29) is 24.4 Å². The molecule has 2 aromatic heterocycles. The van der Waals surface area contributed by atoms with Crippen molar-refractivity contribution in [2.75, 3.05) is 18.6 Å². The van der Waals surface area contributed by atoms with Crippen molar-refractivity contribution in [2.24, 2.45) is 0 Å². The number of fused-ring (bicyclic) bond motifs is 2. The van der Waals surface area contributed by atoms with Gasteiger partial charge in [-0.05, 0) is 20.3 Å². The summed E-state index contributed by atoms with van der Waals surface area (Å²) in [7, 11) is 1.69. The first kappa shape index (κ1) is 17.9. The molecule has 0 bridgehead atoms. The number of rotatable bonds is 5. The van der Waals surface area contributed by atoms with Crippen molar-refractivity contribution in [1.82, 2.24) is 25.0 Å². The molecule has 1 aliphatic heterocycles. The number of nitrogens with two attached hydrogens (primary N) is 1. The van der Waals surface area contributed by atoms with E-state index >= 15 is 0 Å². The Hall–Kier alpha value is -1.49. The zero-order chi connectivity index (χ0) is 18.5. The summed E-state index contributed by atoms with van der Waals surface area (Å²) in [6, 6.07) is -0.0879. The highest BCUT2D eigenvalue weighted by atomic mass is 32.2. The van der Waals surface area contributed by atoms with E-state index in [0.717, 1.165) is 12.2 Å². The molecule has 2 fully saturated rings. The van der Waals surface area contributed by atoms with Crippen LogP contribution < -0.4 is 5.73 Å². The zero-order valence-corrected chi connectivity index (χ0v) is 16.2. The summed E-state index contributed by atoms with van der Waals surface area (Å²) >= 11 is 1.58. The molecular weight excluding hydrogens is 356 g/mol. The lowest BCUT2D eigenvalue weighted by Crippen LogP contribution is -2.30. The van der Waals surface area contributed by atoms with Gasteiger partial charge in [-0.15, -0.1) is 5.10 Å². The van der Waals surface area contributed by atoms with Crippen molar-refractivity contribution in [3.05, 3.63) is 0 Å². The van der Waals surface area contributed by atoms with Crippen molar-refractivity contribution in [1.29, 1.82) is 0 Å². The van der Waals surface area contributed by atoms with Crippen LogP contribution in [0.3, 0.4) is 0 Å². The van der Waals surface area contributed by atoms with Gasteiger partial charge in [-0.25, -0.2) is 14.6 Å². The van der Waals surface area contributed by atoms with E-state index in [1.54, 1.807) is 23.6 Å². The average Bonchev–Trinajstić information content (AvgIpc) is 3.23. The standard InChI is InChI=1S/C16H24N6O3S/c1-5-6-26-15-18-13(17)10-14(19-15)22(21-20-10)8-7-9(23-4)12-11(8)24-16(2,3)25-12/h8-9,11-12H,5-7H2,1-4H3,(H2,17,18,19)/t8-,9-,11+,12-/m1/s1. The number of hydrogen-bond acceptors (Lipinski definition) is 9. The molecule has 4 rings (SSSR count). The third kappa shape index (κ3) is 2.94. The summed E-state index contributed by atoms with van der Waals surface area (Å²) in [4.78, 5) is 8.98. The molecule has 26 heavy (non-hydrogen) atoms. The van der Waals surface area contributed by atoms with Crippen LogP contribution in [0.4, 0.5) is 5.82 Å². The van der Waals surface area contributed by atoms with Crippen LogP contribution in [0.1, 0.15) is 39.7 Å². The largest absolute Gasteiger partial charge is 0.382 e. The summed E-state index contributed by atoms with van der Waals surface area (Å²) in [5.41, 5.74) is 7.23. The van der Waals surface area contributed by atoms with Gasteiger partial charge in [0.15, 0.2) is 27.9 Å². The van der Waals surface area contributed by atoms with Crippen LogP contribution in [0.15, 0.2) is 5.16 Å². The average molecular weight is 380 g/mol. The number of nitrogens with zero attached hydrogens (tertiary/aromatic N) is 5. The number of hydrogen-bond donors (Lipinski definition) is 1. The second-order valence-electron chi connectivity index (χ2n) is 7.09. The first-order chi connectivity index (χ1) is 12.4. The molecule has 0 radical (unpaired) electrons. The van der Waals surface area contributed by atoms with Crippen molar-refractivity contribution >= 4 is 28.7 Å². The summed E-state index contributed by atoms with van der Waals surface area (Å²) in [5.74, 6) is 0.621. The maximum absolute atomic E-state index is 6.14. The van der Waals surface area contributed by atoms with Gasteiger partial charge in [0.1, 0.15) is 12.2 Å². The Kier molecular flexibility index (Phi) is 4.54. The second-order valence-corrected chi connectivity index (χ2v) is 8.15. The number of aromatic nitrogens is 5. The topological polar surface area (TPSA) is 110 Å². The maximum atomic E-state index is 6.14. The lowest BCUT2D eigenvalue weighted by atomic mass is 10.2. The van der Waals surface area contributed by atoms with E-state index in [0.29, 0.717) is 28.6 Å². The minimum Gasteiger partial charge on any atom is -0.382 e. The molecule has 1 saturated heterocycles. The Morgan fingerprint density at radius 3 is 2.81 bits per heavy atom. The van der Waals surface area contributed by atoms with E-state index in [1.165, 1.54) is 0 Å². The van der Waals surface area contributed by atoms with Crippen LogP contribution in [0.5, 0.6) is 0 Å². The Morgan fingerprint density at radius 1 is 1.31 bits per heavy atom. The van der Waals surface area contributed by atoms with E-state index in [4.69, 9.17) is 19.9 Å². The van der Waals surface area contributed by atoms with Crippen LogP contribution in [0.25, 0.3) is 11.2 Å². The highest BCUT2D eigenvalue weighted by molar-refractivity contribution is 7.99. The number of anilines is 1. The second kappa shape index (κ2) is 6.59. The third-order valence-electron chi connectivity index (χ3n) is 4.77. The fraction of sp³-hybridized carbons (Fsp3) is 0.750. The Bertz CT molecular complexity index is 813. The van der Waals surface area contributed by atoms with Gasteiger partial charge in [-0.2, -0.15) is 0 Å². The highest BCUT2D eigenvalue weighted by Crippen LogP contribution is 2.45. The molecule has 142 valence electrons. The Labute approximate surface area is 156 Å². The number of thioether (sulfide) groups is 1. The molecule has 0 spiro atoms. The number of nitrogen functional groups attached to an aromatic ring is 1. The molecule has 1 aliphatic carbocycles. The fourth-order valence-electron chi connectivity index (χ4n) is 3.69. The van der Waals surface area contributed by atoms with Crippen LogP contribution in [-0.4, -0.2) is 61.9 Å². The Balaban J connectivity index is 1.73. The van der Waals surface area contributed by atoms with Gasteiger partial charge in [0, 0.05) is 19.3 Å². The van der Waals surface area contributed by atoms with Crippen LogP contribution >= 0.6 is 11.8 Å². The van der Waals surface area contributed by atoms with Crippen molar-refractivity contribution in [3.8, 4) is 0 Å². The molecule has 0 aromatic carbocycles. The smallest absolute Gasteiger partial charge is 0.191 e. The number of methoxy groups -OCH3 is 1. The molecule has 10 heteroatoms. The van der Waals surface area contributed by atoms with E-state index in [9.17, 15) is 0 Å². The van der Waals surface area contributed by atoms with Crippen molar-refractivity contribution < 1.29 is 14.2 Å². The first-order valence-electron chi connectivity index (χ1n) is 8.83. The maximum Gasteiger partial charge on any atom is 0.191 e. The molecule has 2 aliphatic rings. The summed E-state index contributed by atoms with van der Waals surface area (Å²) in [6.45, 7) is 5.94. The van der Waals surface area contributed by atoms with E-state index in [1.807, 2.05) is 13.8 Å². The van der Waals surface area contributed by atoms with Gasteiger partial charge < -0.3 is 19.9 Å². The van der Waals surface area contributed by atoms with Gasteiger partial charge >= 0.3 is 0 Å². The molecule has 0 unspecified atom stereocenters. The van der Waals surface area contributed by atoms with Crippen molar-refractivity contribution in [2.45, 2.75) is 68.9 Å². The lowest BCUT2D eigenvalue weighted by molar-refractivity contribution is -0.168.